The number of hydrogen-bond acceptors (Lipinski definition) is 3. The molecule has 1 rings (SSSR count). The molecule has 1 fully saturated rings. The zero-order valence-corrected chi connectivity index (χ0v) is 8.48. The van der Waals surface area contributed by atoms with E-state index < -0.39 is 18.0 Å². The maximum absolute atomic E-state index is 11.7. The van der Waals surface area contributed by atoms with E-state index in [0.717, 1.165) is 6.42 Å². The molecule has 2 unspecified atom stereocenters. The normalized spacial score (nSPS) is 22.1. The molecule has 0 aromatic rings. The molecule has 5 nitrogen and oxygen atoms in total. The summed E-state index contributed by atoms with van der Waals surface area (Å²) in [5.74, 6) is 1.57. The van der Waals surface area contributed by atoms with Gasteiger partial charge in [0.25, 0.3) is 0 Å². The van der Waals surface area contributed by atoms with Gasteiger partial charge in [-0.1, -0.05) is 0 Å². The molecule has 2 amide bonds. The first-order chi connectivity index (χ1) is 7.07. The van der Waals surface area contributed by atoms with Crippen LogP contribution in [0.3, 0.4) is 0 Å². The Morgan fingerprint density at radius 1 is 1.60 bits per heavy atom. The van der Waals surface area contributed by atoms with Gasteiger partial charge in [0.15, 0.2) is 0 Å². The second-order valence-corrected chi connectivity index (χ2v) is 3.61. The summed E-state index contributed by atoms with van der Waals surface area (Å²) in [5.41, 5.74) is 10.8. The lowest BCUT2D eigenvalue weighted by Gasteiger charge is -2.24. The zero-order chi connectivity index (χ0) is 11.4. The average Bonchev–Trinajstić information content (AvgIpc) is 2.65. The lowest BCUT2D eigenvalue weighted by atomic mass is 10.1. The van der Waals surface area contributed by atoms with Crippen LogP contribution in [0.15, 0.2) is 0 Å². The van der Waals surface area contributed by atoms with Crippen molar-refractivity contribution in [1.82, 2.24) is 4.90 Å². The number of hydrogen-bond donors (Lipinski definition) is 2. The fraction of sp³-hybridized carbons (Fsp3) is 0.600. The van der Waals surface area contributed by atoms with Crippen molar-refractivity contribution in [3.63, 3.8) is 0 Å². The summed E-state index contributed by atoms with van der Waals surface area (Å²) in [7, 11) is 0. The second-order valence-electron chi connectivity index (χ2n) is 3.61. The van der Waals surface area contributed by atoms with Crippen LogP contribution >= 0.6 is 0 Å². The third-order valence-electron chi connectivity index (χ3n) is 2.52. The van der Waals surface area contributed by atoms with Crippen molar-refractivity contribution in [1.29, 1.82) is 0 Å². The molecule has 5 heteroatoms. The van der Waals surface area contributed by atoms with Crippen LogP contribution < -0.4 is 11.5 Å². The highest BCUT2D eigenvalue weighted by atomic mass is 16.2. The molecule has 1 heterocycles. The Labute approximate surface area is 88.8 Å². The van der Waals surface area contributed by atoms with Crippen LogP contribution in [0.4, 0.5) is 0 Å². The van der Waals surface area contributed by atoms with Gasteiger partial charge in [-0.2, -0.15) is 0 Å². The molecule has 0 bridgehead atoms. The van der Waals surface area contributed by atoms with Crippen LogP contribution in [0.2, 0.25) is 0 Å². The van der Waals surface area contributed by atoms with E-state index in [0.29, 0.717) is 13.0 Å². The minimum Gasteiger partial charge on any atom is -0.368 e. The Balaban J connectivity index is 2.67. The van der Waals surface area contributed by atoms with E-state index in [2.05, 4.69) is 5.92 Å². The summed E-state index contributed by atoms with van der Waals surface area (Å²) < 4.78 is 0. The fourth-order valence-electron chi connectivity index (χ4n) is 1.75. The number of carbonyl (C=O) groups excluding carboxylic acids is 2. The molecular formula is C10H15N3O2. The van der Waals surface area contributed by atoms with Gasteiger partial charge in [-0.05, 0) is 12.8 Å². The first-order valence-electron chi connectivity index (χ1n) is 4.86. The first-order valence-corrected chi connectivity index (χ1v) is 4.86. The third-order valence-corrected chi connectivity index (χ3v) is 2.52. The quantitative estimate of drug-likeness (QED) is 0.573. The molecular weight excluding hydrogens is 194 g/mol. The minimum absolute atomic E-state index is 0.181. The van der Waals surface area contributed by atoms with Crippen molar-refractivity contribution in [2.75, 3.05) is 6.54 Å². The Morgan fingerprint density at radius 2 is 2.27 bits per heavy atom. The van der Waals surface area contributed by atoms with E-state index >= 15 is 0 Å². The average molecular weight is 209 g/mol. The molecule has 82 valence electrons. The van der Waals surface area contributed by atoms with E-state index in [-0.39, 0.29) is 12.3 Å². The lowest BCUT2D eigenvalue weighted by Crippen LogP contribution is -2.50. The van der Waals surface area contributed by atoms with E-state index in [9.17, 15) is 9.59 Å². The first kappa shape index (κ1) is 11.5. The molecule has 1 saturated heterocycles. The summed E-state index contributed by atoms with van der Waals surface area (Å²) in [5, 5.41) is 0. The predicted octanol–water partition coefficient (Wildman–Crippen LogP) is -1.19. The molecule has 0 aromatic carbocycles. The maximum atomic E-state index is 11.7. The van der Waals surface area contributed by atoms with E-state index in [1.165, 1.54) is 4.90 Å². The molecule has 2 atom stereocenters. The number of carbonyl (C=O) groups is 2. The number of rotatable bonds is 3. The van der Waals surface area contributed by atoms with Crippen LogP contribution in [-0.4, -0.2) is 35.3 Å². The molecule has 0 saturated carbocycles. The predicted molar refractivity (Wildman–Crippen MR) is 55.4 cm³/mol. The van der Waals surface area contributed by atoms with Gasteiger partial charge in [-0.25, -0.2) is 0 Å². The smallest absolute Gasteiger partial charge is 0.241 e. The molecule has 15 heavy (non-hydrogen) atoms. The van der Waals surface area contributed by atoms with Gasteiger partial charge >= 0.3 is 0 Å². The molecule has 0 aromatic heterocycles. The van der Waals surface area contributed by atoms with Gasteiger partial charge in [0.1, 0.15) is 6.04 Å². The Morgan fingerprint density at radius 3 is 2.80 bits per heavy atom. The minimum atomic E-state index is -0.727. The standard InChI is InChI=1S/C10H15N3O2/c1-2-4-7(11)10(15)13-6-3-5-8(13)9(12)14/h1,7-8H,3-6,11H2,(H2,12,14). The van der Waals surface area contributed by atoms with Crippen molar-refractivity contribution in [3.8, 4) is 12.3 Å². The molecule has 0 radical (unpaired) electrons. The summed E-state index contributed by atoms with van der Waals surface area (Å²) in [6.07, 6.45) is 6.64. The SMILES string of the molecule is C#CCC(N)C(=O)N1CCCC1C(N)=O. The molecule has 0 aliphatic carbocycles. The van der Waals surface area contributed by atoms with Crippen molar-refractivity contribution in [2.24, 2.45) is 11.5 Å². The fourth-order valence-corrected chi connectivity index (χ4v) is 1.75. The summed E-state index contributed by atoms with van der Waals surface area (Å²) in [4.78, 5) is 24.2. The Bertz CT molecular complexity index is 308. The monoisotopic (exact) mass is 209 g/mol. The maximum Gasteiger partial charge on any atom is 0.241 e. The number of amides is 2. The van der Waals surface area contributed by atoms with Gasteiger partial charge < -0.3 is 16.4 Å². The lowest BCUT2D eigenvalue weighted by molar-refractivity contribution is -0.138. The largest absolute Gasteiger partial charge is 0.368 e. The topological polar surface area (TPSA) is 89.4 Å². The van der Waals surface area contributed by atoms with Crippen molar-refractivity contribution in [3.05, 3.63) is 0 Å². The van der Waals surface area contributed by atoms with Gasteiger partial charge in [0.2, 0.25) is 11.8 Å². The van der Waals surface area contributed by atoms with Crippen molar-refractivity contribution >= 4 is 11.8 Å². The zero-order valence-electron chi connectivity index (χ0n) is 8.48. The van der Waals surface area contributed by atoms with Gasteiger partial charge in [0.05, 0.1) is 6.04 Å². The van der Waals surface area contributed by atoms with Gasteiger partial charge in [-0.15, -0.1) is 12.3 Å². The van der Waals surface area contributed by atoms with Crippen LogP contribution in [-0.2, 0) is 9.59 Å². The molecule has 1 aliphatic heterocycles. The van der Waals surface area contributed by atoms with Gasteiger partial charge in [0, 0.05) is 13.0 Å². The van der Waals surface area contributed by atoms with Gasteiger partial charge in [-0.3, -0.25) is 9.59 Å². The number of primary amides is 1. The van der Waals surface area contributed by atoms with Crippen LogP contribution in [0, 0.1) is 12.3 Å². The number of nitrogens with zero attached hydrogens (tertiary/aromatic N) is 1. The summed E-state index contributed by atoms with van der Waals surface area (Å²) >= 11 is 0. The molecule has 1 aliphatic rings. The van der Waals surface area contributed by atoms with Crippen molar-refractivity contribution < 1.29 is 9.59 Å². The van der Waals surface area contributed by atoms with E-state index in [4.69, 9.17) is 17.9 Å². The Kier molecular flexibility index (Phi) is 3.69. The number of likely N-dealkylation sites (tertiary alicyclic amines) is 1. The summed E-state index contributed by atoms with van der Waals surface area (Å²) in [6.45, 7) is 0.532. The second kappa shape index (κ2) is 4.80. The third kappa shape index (κ3) is 2.48. The Hall–Kier alpha value is -1.54. The highest BCUT2D eigenvalue weighted by Crippen LogP contribution is 2.17. The number of terminal acetylenes is 1. The summed E-state index contributed by atoms with van der Waals surface area (Å²) in [6, 6.07) is -1.24. The van der Waals surface area contributed by atoms with Crippen LogP contribution in [0.5, 0.6) is 0 Å². The number of nitrogens with two attached hydrogens (primary N) is 2. The van der Waals surface area contributed by atoms with E-state index in [1.54, 1.807) is 0 Å². The highest BCUT2D eigenvalue weighted by Gasteiger charge is 2.34. The van der Waals surface area contributed by atoms with Crippen LogP contribution in [0.25, 0.3) is 0 Å². The van der Waals surface area contributed by atoms with Crippen molar-refractivity contribution in [2.45, 2.75) is 31.3 Å². The molecule has 4 N–H and O–H groups in total. The highest BCUT2D eigenvalue weighted by molar-refractivity contribution is 5.89. The van der Waals surface area contributed by atoms with Crippen LogP contribution in [0.1, 0.15) is 19.3 Å². The van der Waals surface area contributed by atoms with E-state index in [1.807, 2.05) is 0 Å². The molecule has 0 spiro atoms.